The fourth-order valence-electron chi connectivity index (χ4n) is 3.64. The van der Waals surface area contributed by atoms with Crippen molar-refractivity contribution in [2.45, 2.75) is 36.2 Å². The highest BCUT2D eigenvalue weighted by molar-refractivity contribution is 7.89. The van der Waals surface area contributed by atoms with Crippen LogP contribution in [0.1, 0.15) is 19.3 Å². The minimum Gasteiger partial charge on any atom is -0.371 e. The van der Waals surface area contributed by atoms with Gasteiger partial charge in [-0.15, -0.1) is 0 Å². The summed E-state index contributed by atoms with van der Waals surface area (Å²) in [5, 5.41) is 2.91. The predicted molar refractivity (Wildman–Crippen MR) is 108 cm³/mol. The van der Waals surface area contributed by atoms with E-state index in [9.17, 15) is 21.6 Å². The van der Waals surface area contributed by atoms with E-state index in [1.54, 1.807) is 0 Å². The zero-order valence-corrected chi connectivity index (χ0v) is 17.3. The van der Waals surface area contributed by atoms with E-state index in [0.717, 1.165) is 25.5 Å². The Kier molecular flexibility index (Phi) is 6.04. The van der Waals surface area contributed by atoms with E-state index in [2.05, 4.69) is 15.3 Å². The van der Waals surface area contributed by atoms with Crippen molar-refractivity contribution in [2.24, 2.45) is 0 Å². The number of nitrogens with zero attached hydrogens (tertiary/aromatic N) is 3. The van der Waals surface area contributed by atoms with Gasteiger partial charge in [0.1, 0.15) is 0 Å². The van der Waals surface area contributed by atoms with E-state index in [4.69, 9.17) is 4.74 Å². The zero-order valence-electron chi connectivity index (χ0n) is 16.5. The first-order valence-electron chi connectivity index (χ1n) is 9.83. The predicted octanol–water partition coefficient (Wildman–Crippen LogP) is 2.66. The maximum absolute atomic E-state index is 14.4. The van der Waals surface area contributed by atoms with Gasteiger partial charge in [-0.25, -0.2) is 31.3 Å². The number of aromatic nitrogens is 2. The molecule has 1 saturated heterocycles. The number of anilines is 3. The fraction of sp³-hybridized carbons (Fsp3) is 0.474. The van der Waals surface area contributed by atoms with Crippen molar-refractivity contribution in [1.29, 1.82) is 0 Å². The number of ether oxygens (including phenoxy) is 1. The maximum Gasteiger partial charge on any atom is 0.251 e. The SMILES string of the molecule is O=S(=O)(NCC(F)F)c1ccc(Nc2ncc(F)c(N3CCOC4(CCC4)C3)n2)cc1. The number of hydrogen-bond donors (Lipinski definition) is 2. The smallest absolute Gasteiger partial charge is 0.251 e. The van der Waals surface area contributed by atoms with Gasteiger partial charge in [-0.3, -0.25) is 0 Å². The second-order valence-electron chi connectivity index (χ2n) is 7.56. The first-order chi connectivity index (χ1) is 14.8. The summed E-state index contributed by atoms with van der Waals surface area (Å²) in [6.45, 7) is 0.630. The Morgan fingerprint density at radius 1 is 1.23 bits per heavy atom. The molecule has 0 radical (unpaired) electrons. The van der Waals surface area contributed by atoms with Crippen molar-refractivity contribution in [3.63, 3.8) is 0 Å². The van der Waals surface area contributed by atoms with Gasteiger partial charge in [0.25, 0.3) is 6.43 Å². The lowest BCUT2D eigenvalue weighted by Crippen LogP contribution is -2.56. The average molecular weight is 457 g/mol. The Hall–Kier alpha value is -2.44. The van der Waals surface area contributed by atoms with Crippen LogP contribution in [0.2, 0.25) is 0 Å². The van der Waals surface area contributed by atoms with E-state index in [1.165, 1.54) is 24.3 Å². The minimum absolute atomic E-state index is 0.150. The molecule has 1 aliphatic heterocycles. The van der Waals surface area contributed by atoms with Crippen molar-refractivity contribution >= 4 is 27.5 Å². The number of hydrogen-bond acceptors (Lipinski definition) is 7. The van der Waals surface area contributed by atoms with Gasteiger partial charge in [0.05, 0.1) is 29.8 Å². The number of nitrogens with one attached hydrogen (secondary N) is 2. The van der Waals surface area contributed by atoms with Crippen molar-refractivity contribution < 1.29 is 26.3 Å². The summed E-state index contributed by atoms with van der Waals surface area (Å²) in [4.78, 5) is 9.95. The topological polar surface area (TPSA) is 96.5 Å². The molecule has 8 nitrogen and oxygen atoms in total. The standard InChI is InChI=1S/C19H22F3N5O3S/c20-15-10-23-18(26-17(15)27-8-9-30-19(12-27)6-1-7-19)25-13-2-4-14(5-3-13)31(28,29)24-11-16(21)22/h2-5,10,16,24H,1,6-9,11-12H2,(H,23,25,26). The third-order valence-electron chi connectivity index (χ3n) is 5.39. The van der Waals surface area contributed by atoms with E-state index < -0.39 is 28.8 Å². The molecule has 4 rings (SSSR count). The van der Waals surface area contributed by atoms with Crippen LogP contribution < -0.4 is 14.9 Å². The molecule has 2 N–H and O–H groups in total. The monoisotopic (exact) mass is 457 g/mol. The van der Waals surface area contributed by atoms with Crippen LogP contribution in [0, 0.1) is 5.82 Å². The van der Waals surface area contributed by atoms with Crippen LogP contribution in [0.4, 0.5) is 30.6 Å². The Labute approximate surface area is 177 Å². The number of alkyl halides is 2. The molecule has 12 heteroatoms. The molecule has 1 aromatic carbocycles. The molecule has 1 saturated carbocycles. The quantitative estimate of drug-likeness (QED) is 0.660. The lowest BCUT2D eigenvalue weighted by molar-refractivity contribution is -0.107. The molecule has 2 aromatic rings. The van der Waals surface area contributed by atoms with Gasteiger partial charge >= 0.3 is 0 Å². The second kappa shape index (κ2) is 8.60. The molecule has 31 heavy (non-hydrogen) atoms. The van der Waals surface area contributed by atoms with Crippen LogP contribution in [0.3, 0.4) is 0 Å². The van der Waals surface area contributed by atoms with Crippen LogP contribution in [-0.2, 0) is 14.8 Å². The van der Waals surface area contributed by atoms with Crippen LogP contribution >= 0.6 is 0 Å². The van der Waals surface area contributed by atoms with Crippen molar-refractivity contribution in [1.82, 2.24) is 14.7 Å². The van der Waals surface area contributed by atoms with Gasteiger partial charge in [-0.2, -0.15) is 4.98 Å². The zero-order chi connectivity index (χ0) is 22.1. The highest BCUT2D eigenvalue weighted by atomic mass is 32.2. The largest absolute Gasteiger partial charge is 0.371 e. The van der Waals surface area contributed by atoms with Gasteiger partial charge in [0.2, 0.25) is 16.0 Å². The van der Waals surface area contributed by atoms with Gasteiger partial charge < -0.3 is 15.0 Å². The summed E-state index contributed by atoms with van der Waals surface area (Å²) < 4.78 is 70.6. The van der Waals surface area contributed by atoms with Crippen LogP contribution in [0.5, 0.6) is 0 Å². The maximum atomic E-state index is 14.4. The summed E-state index contributed by atoms with van der Waals surface area (Å²) in [5.41, 5.74) is 0.242. The molecule has 0 atom stereocenters. The Balaban J connectivity index is 1.47. The first-order valence-corrected chi connectivity index (χ1v) is 11.3. The highest BCUT2D eigenvalue weighted by Gasteiger charge is 2.42. The lowest BCUT2D eigenvalue weighted by atomic mass is 9.79. The van der Waals surface area contributed by atoms with E-state index in [1.807, 2.05) is 9.62 Å². The molecule has 1 aromatic heterocycles. The Morgan fingerprint density at radius 2 is 1.97 bits per heavy atom. The van der Waals surface area contributed by atoms with Gasteiger partial charge in [0.15, 0.2) is 11.6 Å². The van der Waals surface area contributed by atoms with Gasteiger partial charge in [-0.05, 0) is 43.5 Å². The van der Waals surface area contributed by atoms with E-state index in [0.29, 0.717) is 25.4 Å². The third kappa shape index (κ3) is 4.91. The first kappa shape index (κ1) is 21.8. The highest BCUT2D eigenvalue weighted by Crippen LogP contribution is 2.39. The molecule has 1 spiro atoms. The number of halogens is 3. The van der Waals surface area contributed by atoms with Gasteiger partial charge in [-0.1, -0.05) is 0 Å². The molecule has 0 unspecified atom stereocenters. The molecule has 2 fully saturated rings. The van der Waals surface area contributed by atoms with E-state index >= 15 is 0 Å². The number of benzene rings is 1. The summed E-state index contributed by atoms with van der Waals surface area (Å²) in [7, 11) is -4.04. The van der Waals surface area contributed by atoms with Crippen molar-refractivity contribution in [2.75, 3.05) is 36.5 Å². The normalized spacial score (nSPS) is 18.3. The number of rotatable bonds is 7. The van der Waals surface area contributed by atoms with E-state index in [-0.39, 0.29) is 22.3 Å². The summed E-state index contributed by atoms with van der Waals surface area (Å²) in [6, 6.07) is 5.43. The molecule has 1 aliphatic carbocycles. The fourth-order valence-corrected chi connectivity index (χ4v) is 4.65. The van der Waals surface area contributed by atoms with Crippen LogP contribution in [0.15, 0.2) is 35.4 Å². The molecule has 0 bridgehead atoms. The van der Waals surface area contributed by atoms with Crippen LogP contribution in [0.25, 0.3) is 0 Å². The summed E-state index contributed by atoms with van der Waals surface area (Å²) in [6.07, 6.45) is 1.29. The molecule has 0 amide bonds. The average Bonchev–Trinajstić information content (AvgIpc) is 2.73. The lowest BCUT2D eigenvalue weighted by Gasteiger charge is -2.48. The van der Waals surface area contributed by atoms with Crippen molar-refractivity contribution in [3.05, 3.63) is 36.3 Å². The molecular formula is C19H22F3N5O3S. The second-order valence-corrected chi connectivity index (χ2v) is 9.33. The molecule has 168 valence electrons. The molecule has 2 heterocycles. The molecular weight excluding hydrogens is 435 g/mol. The van der Waals surface area contributed by atoms with Crippen molar-refractivity contribution in [3.8, 4) is 0 Å². The van der Waals surface area contributed by atoms with Crippen LogP contribution in [-0.4, -0.2) is 56.7 Å². The summed E-state index contributed by atoms with van der Waals surface area (Å²) in [5.74, 6) is -0.201. The number of sulfonamides is 1. The Bertz CT molecular complexity index is 1030. The van der Waals surface area contributed by atoms with Gasteiger partial charge in [0, 0.05) is 18.8 Å². The minimum atomic E-state index is -4.04. The number of morpholine rings is 1. The Morgan fingerprint density at radius 3 is 2.61 bits per heavy atom. The summed E-state index contributed by atoms with van der Waals surface area (Å²) >= 11 is 0. The molecule has 2 aliphatic rings. The third-order valence-corrected chi connectivity index (χ3v) is 6.83.